The van der Waals surface area contributed by atoms with Gasteiger partial charge in [-0.3, -0.25) is 25.2 Å². The number of rotatable bonds is 9. The Labute approximate surface area is 193 Å². The number of carbonyl (C=O) groups is 3. The van der Waals surface area contributed by atoms with Gasteiger partial charge in [0.25, 0.3) is 5.91 Å². The summed E-state index contributed by atoms with van der Waals surface area (Å²) in [5.74, 6) is -0.200. The molecular weight excluding hydrogens is 426 g/mol. The maximum atomic E-state index is 12.5. The number of nitrogens with one attached hydrogen (secondary N) is 3. The largest absolute Gasteiger partial charge is 0.493 e. The van der Waals surface area contributed by atoms with E-state index in [9.17, 15) is 14.4 Å². The van der Waals surface area contributed by atoms with Gasteiger partial charge in [0.1, 0.15) is 0 Å². The highest BCUT2D eigenvalue weighted by atomic mass is 16.5. The van der Waals surface area contributed by atoms with Gasteiger partial charge in [0.15, 0.2) is 11.5 Å². The second-order valence-electron chi connectivity index (χ2n) is 8.35. The summed E-state index contributed by atoms with van der Waals surface area (Å²) in [5.41, 5.74) is 6.13. The predicted octanol–water partition coefficient (Wildman–Crippen LogP) is 3.23. The number of methoxy groups -OCH3 is 3. The van der Waals surface area contributed by atoms with Gasteiger partial charge in [-0.1, -0.05) is 31.5 Å². The second-order valence-corrected chi connectivity index (χ2v) is 8.35. The number of hydrogen-bond acceptors (Lipinski definition) is 6. The van der Waals surface area contributed by atoms with Crippen LogP contribution in [0, 0.1) is 12.3 Å². The third-order valence-electron chi connectivity index (χ3n) is 4.86. The fraction of sp³-hybridized carbons (Fsp3) is 0.375. The van der Waals surface area contributed by atoms with Crippen molar-refractivity contribution in [3.63, 3.8) is 0 Å². The first-order valence-electron chi connectivity index (χ1n) is 10.3. The average Bonchev–Trinajstić information content (AvgIpc) is 2.77. The van der Waals surface area contributed by atoms with Gasteiger partial charge in [-0.05, 0) is 36.6 Å². The van der Waals surface area contributed by atoms with Gasteiger partial charge in [-0.2, -0.15) is 0 Å². The van der Waals surface area contributed by atoms with E-state index in [1.54, 1.807) is 0 Å². The second kappa shape index (κ2) is 11.2. The van der Waals surface area contributed by atoms with Crippen molar-refractivity contribution in [1.29, 1.82) is 0 Å². The summed E-state index contributed by atoms with van der Waals surface area (Å²) in [4.78, 5) is 37.3. The number of hydrogen-bond donors (Lipinski definition) is 3. The van der Waals surface area contributed by atoms with Crippen LogP contribution in [0.2, 0.25) is 0 Å². The summed E-state index contributed by atoms with van der Waals surface area (Å²) >= 11 is 0. The van der Waals surface area contributed by atoms with E-state index in [1.165, 1.54) is 33.5 Å². The third kappa shape index (κ3) is 7.41. The Morgan fingerprint density at radius 1 is 0.818 bits per heavy atom. The molecule has 0 unspecified atom stereocenters. The van der Waals surface area contributed by atoms with Crippen molar-refractivity contribution in [2.24, 2.45) is 5.41 Å². The first-order valence-corrected chi connectivity index (χ1v) is 10.3. The molecule has 0 aromatic heterocycles. The summed E-state index contributed by atoms with van der Waals surface area (Å²) in [5, 5.41) is 2.83. The Kier molecular flexibility index (Phi) is 8.67. The Hall–Kier alpha value is -3.75. The molecule has 9 heteroatoms. The molecule has 0 heterocycles. The molecule has 9 nitrogen and oxygen atoms in total. The molecule has 2 rings (SSSR count). The number of aryl methyl sites for hydroxylation is 1. The van der Waals surface area contributed by atoms with Crippen molar-refractivity contribution in [1.82, 2.24) is 10.9 Å². The quantitative estimate of drug-likeness (QED) is 0.498. The van der Waals surface area contributed by atoms with E-state index < -0.39 is 17.2 Å². The van der Waals surface area contributed by atoms with Crippen LogP contribution in [-0.2, 0) is 9.59 Å². The fourth-order valence-corrected chi connectivity index (χ4v) is 3.23. The minimum atomic E-state index is -0.629. The lowest BCUT2D eigenvalue weighted by Gasteiger charge is -2.23. The van der Waals surface area contributed by atoms with E-state index in [0.717, 1.165) is 5.56 Å². The fourth-order valence-electron chi connectivity index (χ4n) is 3.23. The zero-order chi connectivity index (χ0) is 24.6. The molecule has 0 saturated carbocycles. The van der Waals surface area contributed by atoms with Crippen LogP contribution in [0.5, 0.6) is 17.2 Å². The lowest BCUT2D eigenvalue weighted by atomic mass is 9.85. The molecule has 2 aromatic rings. The van der Waals surface area contributed by atoms with Gasteiger partial charge < -0.3 is 19.5 Å². The molecule has 178 valence electrons. The number of ether oxygens (including phenoxy) is 3. The van der Waals surface area contributed by atoms with Crippen LogP contribution in [0.1, 0.15) is 42.6 Å². The van der Waals surface area contributed by atoms with Gasteiger partial charge in [0.2, 0.25) is 17.6 Å². The molecule has 0 atom stereocenters. The van der Waals surface area contributed by atoms with Crippen LogP contribution >= 0.6 is 0 Å². The van der Waals surface area contributed by atoms with Gasteiger partial charge in [0.05, 0.1) is 21.3 Å². The minimum Gasteiger partial charge on any atom is -0.493 e. The topological polar surface area (TPSA) is 115 Å². The molecule has 3 N–H and O–H groups in total. The zero-order valence-corrected chi connectivity index (χ0v) is 19.8. The van der Waals surface area contributed by atoms with E-state index in [-0.39, 0.29) is 24.3 Å². The monoisotopic (exact) mass is 457 g/mol. The summed E-state index contributed by atoms with van der Waals surface area (Å²) in [6.07, 6.45) is 0.166. The van der Waals surface area contributed by atoms with Crippen molar-refractivity contribution in [3.05, 3.63) is 47.5 Å². The Bertz CT molecular complexity index is 977. The van der Waals surface area contributed by atoms with Crippen LogP contribution < -0.4 is 30.4 Å². The van der Waals surface area contributed by atoms with E-state index in [1.807, 2.05) is 45.0 Å². The maximum Gasteiger partial charge on any atom is 0.269 e. The van der Waals surface area contributed by atoms with Gasteiger partial charge in [0, 0.05) is 24.1 Å². The van der Waals surface area contributed by atoms with Gasteiger partial charge >= 0.3 is 0 Å². The van der Waals surface area contributed by atoms with E-state index in [0.29, 0.717) is 22.9 Å². The number of anilines is 1. The highest BCUT2D eigenvalue weighted by Crippen LogP contribution is 2.38. The van der Waals surface area contributed by atoms with Crippen LogP contribution in [-0.4, -0.2) is 39.1 Å². The molecule has 0 saturated heterocycles. The third-order valence-corrected chi connectivity index (χ3v) is 4.86. The molecule has 2 aromatic carbocycles. The van der Waals surface area contributed by atoms with Crippen molar-refractivity contribution >= 4 is 23.4 Å². The average molecular weight is 458 g/mol. The van der Waals surface area contributed by atoms with Crippen molar-refractivity contribution in [2.45, 2.75) is 33.6 Å². The number of amides is 3. The molecule has 0 spiro atoms. The standard InChI is InChI=1S/C24H31N3O6/c1-15-7-9-17(10-8-15)25-20(28)13-24(2,3)14-21(29)26-27-23(30)16-11-18(31-4)22(33-6)19(12-16)32-5/h7-12H,13-14H2,1-6H3,(H,25,28)(H,26,29)(H,27,30). The van der Waals surface area contributed by atoms with E-state index >= 15 is 0 Å². The van der Waals surface area contributed by atoms with E-state index in [4.69, 9.17) is 14.2 Å². The molecular formula is C24H31N3O6. The molecule has 0 aliphatic heterocycles. The summed E-state index contributed by atoms with van der Waals surface area (Å²) in [6.45, 7) is 5.58. The summed E-state index contributed by atoms with van der Waals surface area (Å²) in [6, 6.07) is 10.4. The Morgan fingerprint density at radius 2 is 1.36 bits per heavy atom. The molecule has 0 bridgehead atoms. The lowest BCUT2D eigenvalue weighted by molar-refractivity contribution is -0.124. The smallest absolute Gasteiger partial charge is 0.269 e. The molecule has 33 heavy (non-hydrogen) atoms. The summed E-state index contributed by atoms with van der Waals surface area (Å²) < 4.78 is 15.7. The molecule has 0 radical (unpaired) electrons. The first-order chi connectivity index (χ1) is 15.6. The molecule has 0 aliphatic carbocycles. The van der Waals surface area contributed by atoms with Crippen molar-refractivity contribution < 1.29 is 28.6 Å². The van der Waals surface area contributed by atoms with Crippen molar-refractivity contribution in [2.75, 3.05) is 26.6 Å². The molecule has 0 fully saturated rings. The van der Waals surface area contributed by atoms with Gasteiger partial charge in [-0.15, -0.1) is 0 Å². The SMILES string of the molecule is COc1cc(C(=O)NNC(=O)CC(C)(C)CC(=O)Nc2ccc(C)cc2)cc(OC)c1OC. The number of hydrazine groups is 1. The number of carbonyl (C=O) groups excluding carboxylic acids is 3. The molecule has 3 amide bonds. The highest BCUT2D eigenvalue weighted by molar-refractivity contribution is 5.97. The van der Waals surface area contributed by atoms with Crippen LogP contribution in [0.4, 0.5) is 5.69 Å². The van der Waals surface area contributed by atoms with E-state index in [2.05, 4.69) is 16.2 Å². The number of benzene rings is 2. The zero-order valence-electron chi connectivity index (χ0n) is 19.8. The summed E-state index contributed by atoms with van der Waals surface area (Å²) in [7, 11) is 4.35. The van der Waals surface area contributed by atoms with Crippen LogP contribution in [0.25, 0.3) is 0 Å². The predicted molar refractivity (Wildman–Crippen MR) is 125 cm³/mol. The first kappa shape index (κ1) is 25.5. The highest BCUT2D eigenvalue weighted by Gasteiger charge is 2.26. The maximum absolute atomic E-state index is 12.5. The minimum absolute atomic E-state index is 0.0316. The van der Waals surface area contributed by atoms with Crippen molar-refractivity contribution in [3.8, 4) is 17.2 Å². The Balaban J connectivity index is 1.92. The van der Waals surface area contributed by atoms with Gasteiger partial charge in [-0.25, -0.2) is 0 Å². The van der Waals surface area contributed by atoms with Crippen LogP contribution in [0.3, 0.4) is 0 Å². The Morgan fingerprint density at radius 3 is 1.88 bits per heavy atom. The lowest BCUT2D eigenvalue weighted by Crippen LogP contribution is -2.43. The normalized spacial score (nSPS) is 10.7. The molecule has 0 aliphatic rings. The van der Waals surface area contributed by atoms with Crippen LogP contribution in [0.15, 0.2) is 36.4 Å².